The minimum Gasteiger partial charge on any atom is -0.451 e. The zero-order chi connectivity index (χ0) is 19.6. The summed E-state index contributed by atoms with van der Waals surface area (Å²) in [5.41, 5.74) is 1.27. The van der Waals surface area contributed by atoms with E-state index in [0.29, 0.717) is 15.6 Å². The fourth-order valence-electron chi connectivity index (χ4n) is 3.48. The Bertz CT molecular complexity index is 824. The minimum absolute atomic E-state index is 0.162. The van der Waals surface area contributed by atoms with Crippen LogP contribution < -0.4 is 0 Å². The van der Waals surface area contributed by atoms with Crippen molar-refractivity contribution in [1.29, 1.82) is 0 Å². The normalized spacial score (nSPS) is 19.8. The SMILES string of the molecule is Cc1nc(-c2ccc(F)cc2)sc1C(=O)OCC(=O)N1[C@H](C)CCC[C@H]1C. The molecule has 0 aliphatic carbocycles. The van der Waals surface area contributed by atoms with Crippen LogP contribution in [0.4, 0.5) is 4.39 Å². The fourth-order valence-corrected chi connectivity index (χ4v) is 4.45. The van der Waals surface area contributed by atoms with Crippen LogP contribution in [0.5, 0.6) is 0 Å². The summed E-state index contributed by atoms with van der Waals surface area (Å²) in [4.78, 5) is 31.5. The number of amides is 1. The molecule has 0 spiro atoms. The molecule has 27 heavy (non-hydrogen) atoms. The van der Waals surface area contributed by atoms with Gasteiger partial charge in [0, 0.05) is 17.6 Å². The van der Waals surface area contributed by atoms with Gasteiger partial charge in [0.15, 0.2) is 6.61 Å². The van der Waals surface area contributed by atoms with Crippen LogP contribution in [0.1, 0.15) is 48.5 Å². The number of hydrogen-bond donors (Lipinski definition) is 0. The lowest BCUT2D eigenvalue weighted by Gasteiger charge is -2.38. The fraction of sp³-hybridized carbons (Fsp3) is 0.450. The predicted molar refractivity (Wildman–Crippen MR) is 102 cm³/mol. The number of carbonyl (C=O) groups is 2. The summed E-state index contributed by atoms with van der Waals surface area (Å²) in [6.45, 7) is 5.50. The third kappa shape index (κ3) is 4.35. The van der Waals surface area contributed by atoms with E-state index in [9.17, 15) is 14.0 Å². The molecule has 144 valence electrons. The van der Waals surface area contributed by atoms with Crippen molar-refractivity contribution in [2.24, 2.45) is 0 Å². The maximum absolute atomic E-state index is 13.1. The molecule has 2 aromatic rings. The number of benzene rings is 1. The third-order valence-corrected chi connectivity index (χ3v) is 6.07. The highest BCUT2D eigenvalue weighted by molar-refractivity contribution is 7.17. The number of halogens is 1. The van der Waals surface area contributed by atoms with Crippen LogP contribution in [0.15, 0.2) is 24.3 Å². The average molecular weight is 390 g/mol. The van der Waals surface area contributed by atoms with Crippen molar-refractivity contribution in [3.05, 3.63) is 40.7 Å². The Hall–Kier alpha value is -2.28. The van der Waals surface area contributed by atoms with E-state index in [0.717, 1.165) is 24.8 Å². The molecular weight excluding hydrogens is 367 g/mol. The van der Waals surface area contributed by atoms with Gasteiger partial charge in [-0.3, -0.25) is 4.79 Å². The zero-order valence-electron chi connectivity index (χ0n) is 15.7. The molecule has 3 rings (SSSR count). The first-order valence-electron chi connectivity index (χ1n) is 9.08. The van der Waals surface area contributed by atoms with Crippen molar-refractivity contribution in [2.45, 2.75) is 52.1 Å². The van der Waals surface area contributed by atoms with Gasteiger partial charge in [0.2, 0.25) is 0 Å². The quantitative estimate of drug-likeness (QED) is 0.734. The van der Waals surface area contributed by atoms with E-state index in [-0.39, 0.29) is 30.4 Å². The maximum atomic E-state index is 13.1. The van der Waals surface area contributed by atoms with Crippen LogP contribution in [0.25, 0.3) is 10.6 Å². The second kappa shape index (κ2) is 8.17. The van der Waals surface area contributed by atoms with Crippen molar-refractivity contribution >= 4 is 23.2 Å². The standard InChI is InChI=1S/C20H23FN2O3S/c1-12-5-4-6-13(2)23(12)17(24)11-26-20(25)18-14(3)22-19(27-18)15-7-9-16(21)10-8-15/h7-10,12-13H,4-6,11H2,1-3H3/t12-,13-/m1/s1. The molecule has 0 unspecified atom stereocenters. The Morgan fingerprint density at radius 1 is 1.22 bits per heavy atom. The maximum Gasteiger partial charge on any atom is 0.350 e. The summed E-state index contributed by atoms with van der Waals surface area (Å²) in [5.74, 6) is -1.04. The van der Waals surface area contributed by atoms with Crippen molar-refractivity contribution < 1.29 is 18.7 Å². The number of nitrogens with zero attached hydrogens (tertiary/aromatic N) is 2. The minimum atomic E-state index is -0.552. The molecule has 2 heterocycles. The lowest BCUT2D eigenvalue weighted by molar-refractivity contribution is -0.140. The van der Waals surface area contributed by atoms with Gasteiger partial charge in [-0.15, -0.1) is 11.3 Å². The average Bonchev–Trinajstić information content (AvgIpc) is 3.02. The Morgan fingerprint density at radius 2 is 1.85 bits per heavy atom. The molecule has 1 aliphatic heterocycles. The molecule has 0 radical (unpaired) electrons. The van der Waals surface area contributed by atoms with Gasteiger partial charge in [0.05, 0.1) is 5.69 Å². The van der Waals surface area contributed by atoms with Gasteiger partial charge in [0.25, 0.3) is 5.91 Å². The second-order valence-corrected chi connectivity index (χ2v) is 7.95. The van der Waals surface area contributed by atoms with Crippen LogP contribution in [0.2, 0.25) is 0 Å². The van der Waals surface area contributed by atoms with Crippen molar-refractivity contribution in [1.82, 2.24) is 9.88 Å². The van der Waals surface area contributed by atoms with E-state index in [1.165, 1.54) is 23.5 Å². The number of piperidine rings is 1. The van der Waals surface area contributed by atoms with Gasteiger partial charge < -0.3 is 9.64 Å². The lowest BCUT2D eigenvalue weighted by atomic mass is 9.97. The highest BCUT2D eigenvalue weighted by Gasteiger charge is 2.29. The molecule has 1 aliphatic rings. The Balaban J connectivity index is 1.66. The lowest BCUT2D eigenvalue weighted by Crippen LogP contribution is -2.49. The zero-order valence-corrected chi connectivity index (χ0v) is 16.5. The molecule has 1 aromatic heterocycles. The van der Waals surface area contributed by atoms with Crippen LogP contribution in [0.3, 0.4) is 0 Å². The molecule has 1 saturated heterocycles. The van der Waals surface area contributed by atoms with E-state index in [1.807, 2.05) is 18.7 Å². The molecule has 0 saturated carbocycles. The van der Waals surface area contributed by atoms with Crippen LogP contribution >= 0.6 is 11.3 Å². The summed E-state index contributed by atoms with van der Waals surface area (Å²) in [6, 6.07) is 6.26. The van der Waals surface area contributed by atoms with Gasteiger partial charge in [-0.05, 0) is 64.3 Å². The highest BCUT2D eigenvalue weighted by Crippen LogP contribution is 2.29. The van der Waals surface area contributed by atoms with Crippen molar-refractivity contribution in [3.8, 4) is 10.6 Å². The molecule has 0 bridgehead atoms. The number of carbonyl (C=O) groups excluding carboxylic acids is 2. The summed E-state index contributed by atoms with van der Waals surface area (Å²) in [7, 11) is 0. The number of ether oxygens (including phenoxy) is 1. The Kier molecular flexibility index (Phi) is 5.89. The molecule has 1 fully saturated rings. The summed E-state index contributed by atoms with van der Waals surface area (Å²) in [6.07, 6.45) is 3.05. The number of rotatable bonds is 4. The number of likely N-dealkylation sites (tertiary alicyclic amines) is 1. The van der Waals surface area contributed by atoms with Crippen LogP contribution in [-0.2, 0) is 9.53 Å². The molecule has 1 amide bonds. The largest absolute Gasteiger partial charge is 0.451 e. The van der Waals surface area contributed by atoms with E-state index in [4.69, 9.17) is 4.74 Å². The van der Waals surface area contributed by atoms with Crippen LogP contribution in [-0.4, -0.2) is 40.5 Å². The number of aromatic nitrogens is 1. The first-order valence-corrected chi connectivity index (χ1v) is 9.90. The number of esters is 1. The number of thiazole rings is 1. The molecule has 7 heteroatoms. The van der Waals surface area contributed by atoms with E-state index >= 15 is 0 Å². The van der Waals surface area contributed by atoms with E-state index < -0.39 is 5.97 Å². The topological polar surface area (TPSA) is 59.5 Å². The Labute approximate surface area is 162 Å². The monoisotopic (exact) mass is 390 g/mol. The first-order chi connectivity index (χ1) is 12.9. The number of hydrogen-bond acceptors (Lipinski definition) is 5. The van der Waals surface area contributed by atoms with E-state index in [1.54, 1.807) is 19.1 Å². The molecule has 2 atom stereocenters. The summed E-state index contributed by atoms with van der Waals surface area (Å²) < 4.78 is 18.3. The van der Waals surface area contributed by atoms with Crippen LogP contribution in [0, 0.1) is 12.7 Å². The van der Waals surface area contributed by atoms with Gasteiger partial charge >= 0.3 is 5.97 Å². The predicted octanol–water partition coefficient (Wildman–Crippen LogP) is 4.20. The highest BCUT2D eigenvalue weighted by atomic mass is 32.1. The summed E-state index contributed by atoms with van der Waals surface area (Å²) in [5, 5.41) is 0.615. The molecular formula is C20H23FN2O3S. The second-order valence-electron chi connectivity index (χ2n) is 6.95. The molecule has 5 nitrogen and oxygen atoms in total. The Morgan fingerprint density at radius 3 is 2.48 bits per heavy atom. The van der Waals surface area contributed by atoms with Gasteiger partial charge in [-0.1, -0.05) is 0 Å². The van der Waals surface area contributed by atoms with E-state index in [2.05, 4.69) is 4.98 Å². The smallest absolute Gasteiger partial charge is 0.350 e. The third-order valence-electron chi connectivity index (χ3n) is 4.88. The molecule has 1 aromatic carbocycles. The number of aryl methyl sites for hydroxylation is 1. The van der Waals surface area contributed by atoms with Gasteiger partial charge in [0.1, 0.15) is 15.7 Å². The summed E-state index contributed by atoms with van der Waals surface area (Å²) >= 11 is 1.18. The van der Waals surface area contributed by atoms with Crippen molar-refractivity contribution in [2.75, 3.05) is 6.61 Å². The van der Waals surface area contributed by atoms with Crippen molar-refractivity contribution in [3.63, 3.8) is 0 Å². The van der Waals surface area contributed by atoms with Gasteiger partial charge in [-0.25, -0.2) is 14.2 Å². The molecule has 0 N–H and O–H groups in total. The first kappa shape index (κ1) is 19.5. The van der Waals surface area contributed by atoms with Gasteiger partial charge in [-0.2, -0.15) is 0 Å².